The minimum Gasteiger partial charge on any atom is -0.469 e. The summed E-state index contributed by atoms with van der Waals surface area (Å²) < 4.78 is 15.4. The molecule has 6 heteroatoms. The van der Waals surface area contributed by atoms with Gasteiger partial charge >= 0.3 is 5.97 Å². The predicted molar refractivity (Wildman–Crippen MR) is 62.8 cm³/mol. The number of ether oxygens (including phenoxy) is 3. The summed E-state index contributed by atoms with van der Waals surface area (Å²) in [5.41, 5.74) is 0. The van der Waals surface area contributed by atoms with Crippen LogP contribution in [-0.2, 0) is 19.0 Å². The van der Waals surface area contributed by atoms with Gasteiger partial charge in [0.2, 0.25) is 0 Å². The van der Waals surface area contributed by atoms with Gasteiger partial charge in [-0.25, -0.2) is 0 Å². The third kappa shape index (κ3) is 4.53. The summed E-state index contributed by atoms with van der Waals surface area (Å²) >= 11 is 0. The molecule has 0 bridgehead atoms. The Kier molecular flexibility index (Phi) is 6.01. The van der Waals surface area contributed by atoms with Crippen LogP contribution >= 0.6 is 0 Å². The number of hydrogen-bond donors (Lipinski definition) is 2. The molecule has 106 valence electrons. The van der Waals surface area contributed by atoms with Gasteiger partial charge in [-0.3, -0.25) is 4.79 Å². The molecule has 1 fully saturated rings. The number of aliphatic hydroxyl groups is 2. The highest BCUT2D eigenvalue weighted by Crippen LogP contribution is 2.22. The molecule has 2 N–H and O–H groups in total. The van der Waals surface area contributed by atoms with Crippen molar-refractivity contribution >= 4 is 5.97 Å². The summed E-state index contributed by atoms with van der Waals surface area (Å²) in [6.45, 7) is 3.53. The molecule has 0 spiro atoms. The molecule has 0 aromatic rings. The van der Waals surface area contributed by atoms with Gasteiger partial charge in [-0.2, -0.15) is 0 Å². The van der Waals surface area contributed by atoms with Crippen molar-refractivity contribution in [1.82, 2.24) is 0 Å². The molecule has 1 unspecified atom stereocenters. The molecule has 1 aliphatic rings. The van der Waals surface area contributed by atoms with Crippen LogP contribution in [0.5, 0.6) is 0 Å². The quantitative estimate of drug-likeness (QED) is 0.689. The van der Waals surface area contributed by atoms with E-state index >= 15 is 0 Å². The first-order valence-corrected chi connectivity index (χ1v) is 6.18. The van der Waals surface area contributed by atoms with Gasteiger partial charge in [-0.05, 0) is 20.3 Å². The Hall–Kier alpha value is -0.690. The number of carbonyl (C=O) groups is 1. The van der Waals surface area contributed by atoms with Crippen LogP contribution in [0.1, 0.15) is 33.1 Å². The number of methoxy groups -OCH3 is 1. The summed E-state index contributed by atoms with van der Waals surface area (Å²) in [6, 6.07) is 0. The largest absolute Gasteiger partial charge is 0.469 e. The van der Waals surface area contributed by atoms with Crippen LogP contribution in [0.15, 0.2) is 0 Å². The van der Waals surface area contributed by atoms with Gasteiger partial charge in [0.05, 0.1) is 25.4 Å². The average Bonchev–Trinajstić information content (AvgIpc) is 2.33. The molecule has 6 nitrogen and oxygen atoms in total. The van der Waals surface area contributed by atoms with Crippen molar-refractivity contribution in [2.75, 3.05) is 7.11 Å². The lowest BCUT2D eigenvalue weighted by Crippen LogP contribution is -2.48. The van der Waals surface area contributed by atoms with Gasteiger partial charge < -0.3 is 24.4 Å². The molecule has 0 radical (unpaired) electrons. The molecule has 0 aliphatic carbocycles. The first-order valence-electron chi connectivity index (χ1n) is 6.18. The van der Waals surface area contributed by atoms with E-state index in [9.17, 15) is 15.0 Å². The van der Waals surface area contributed by atoms with E-state index in [0.29, 0.717) is 6.42 Å². The third-order valence-corrected chi connectivity index (χ3v) is 3.04. The minimum atomic E-state index is -0.850. The Morgan fingerprint density at radius 3 is 2.72 bits per heavy atom. The fraction of sp³-hybridized carbons (Fsp3) is 0.917. The van der Waals surface area contributed by atoms with Crippen molar-refractivity contribution in [2.45, 2.75) is 63.8 Å². The zero-order valence-electron chi connectivity index (χ0n) is 11.0. The lowest BCUT2D eigenvalue weighted by atomic mass is 10.0. The Morgan fingerprint density at radius 1 is 1.44 bits per heavy atom. The summed E-state index contributed by atoms with van der Waals surface area (Å²) in [5, 5.41) is 19.2. The lowest BCUT2D eigenvalue weighted by molar-refractivity contribution is -0.273. The van der Waals surface area contributed by atoms with Crippen LogP contribution in [0.25, 0.3) is 0 Å². The van der Waals surface area contributed by atoms with E-state index in [1.165, 1.54) is 7.11 Å². The second kappa shape index (κ2) is 7.04. The van der Waals surface area contributed by atoms with Crippen LogP contribution in [0.2, 0.25) is 0 Å². The summed E-state index contributed by atoms with van der Waals surface area (Å²) in [6.07, 6.45) is -1.89. The Labute approximate surface area is 107 Å². The van der Waals surface area contributed by atoms with E-state index in [4.69, 9.17) is 9.47 Å². The number of hydrogen-bond acceptors (Lipinski definition) is 6. The molecule has 0 aromatic heterocycles. The van der Waals surface area contributed by atoms with Crippen molar-refractivity contribution in [3.05, 3.63) is 0 Å². The number of carbonyl (C=O) groups excluding carboxylic acids is 1. The van der Waals surface area contributed by atoms with Gasteiger partial charge in [0, 0.05) is 12.8 Å². The second-order valence-electron chi connectivity index (χ2n) is 4.64. The molecule has 18 heavy (non-hydrogen) atoms. The van der Waals surface area contributed by atoms with E-state index in [1.807, 2.05) is 0 Å². The average molecular weight is 262 g/mol. The molecular formula is C12H22O6. The number of aliphatic hydroxyl groups excluding tert-OH is 2. The van der Waals surface area contributed by atoms with Crippen molar-refractivity contribution in [1.29, 1.82) is 0 Å². The fourth-order valence-electron chi connectivity index (χ4n) is 1.79. The van der Waals surface area contributed by atoms with Crippen molar-refractivity contribution < 1.29 is 29.2 Å². The van der Waals surface area contributed by atoms with Crippen LogP contribution in [0, 0.1) is 0 Å². The molecule has 0 saturated carbocycles. The van der Waals surface area contributed by atoms with Gasteiger partial charge in [-0.1, -0.05) is 0 Å². The monoisotopic (exact) mass is 262 g/mol. The first-order chi connectivity index (χ1) is 8.43. The van der Waals surface area contributed by atoms with E-state index in [0.717, 1.165) is 0 Å². The molecule has 1 rings (SSSR count). The van der Waals surface area contributed by atoms with Crippen LogP contribution in [0.3, 0.4) is 0 Å². The summed E-state index contributed by atoms with van der Waals surface area (Å²) in [4.78, 5) is 11.0. The molecule has 1 heterocycles. The van der Waals surface area contributed by atoms with Gasteiger partial charge in [-0.15, -0.1) is 0 Å². The standard InChI is InChI=1S/C12H22O6/c1-7(4-5-11(15)16-3)17-12-10(14)6-9(13)8(2)18-12/h7-10,12-14H,4-6H2,1-3H3/t7-,8?,9-,10+,12-/m1/s1. The molecule has 5 atom stereocenters. The highest BCUT2D eigenvalue weighted by atomic mass is 16.7. The molecule has 1 saturated heterocycles. The van der Waals surface area contributed by atoms with Gasteiger partial charge in [0.15, 0.2) is 6.29 Å². The molecular weight excluding hydrogens is 240 g/mol. The maximum atomic E-state index is 11.0. The SMILES string of the molecule is COC(=O)CC[C@@H](C)O[C@@H]1OC(C)[C@H](O)C[C@@H]1O. The normalized spacial score (nSPS) is 34.1. The van der Waals surface area contributed by atoms with E-state index < -0.39 is 18.5 Å². The predicted octanol–water partition coefficient (Wildman–Crippen LogP) is 0.201. The molecule has 1 aliphatic heterocycles. The van der Waals surface area contributed by atoms with E-state index in [1.54, 1.807) is 13.8 Å². The maximum absolute atomic E-state index is 11.0. The topological polar surface area (TPSA) is 85.2 Å². The van der Waals surface area contributed by atoms with Crippen molar-refractivity contribution in [3.63, 3.8) is 0 Å². The molecule has 0 amide bonds. The Balaban J connectivity index is 2.34. The van der Waals surface area contributed by atoms with Crippen molar-refractivity contribution in [3.8, 4) is 0 Å². The van der Waals surface area contributed by atoms with E-state index in [2.05, 4.69) is 4.74 Å². The van der Waals surface area contributed by atoms with Crippen molar-refractivity contribution in [2.24, 2.45) is 0 Å². The zero-order valence-corrected chi connectivity index (χ0v) is 11.0. The summed E-state index contributed by atoms with van der Waals surface area (Å²) in [5.74, 6) is -0.292. The second-order valence-corrected chi connectivity index (χ2v) is 4.64. The third-order valence-electron chi connectivity index (χ3n) is 3.04. The fourth-order valence-corrected chi connectivity index (χ4v) is 1.79. The molecule has 0 aromatic carbocycles. The highest BCUT2D eigenvalue weighted by Gasteiger charge is 2.35. The minimum absolute atomic E-state index is 0.230. The van der Waals surface area contributed by atoms with E-state index in [-0.39, 0.29) is 31.0 Å². The highest BCUT2D eigenvalue weighted by molar-refractivity contribution is 5.69. The van der Waals surface area contributed by atoms with Gasteiger partial charge in [0.1, 0.15) is 6.10 Å². The van der Waals surface area contributed by atoms with Crippen LogP contribution in [-0.4, -0.2) is 54.0 Å². The van der Waals surface area contributed by atoms with Crippen LogP contribution < -0.4 is 0 Å². The first kappa shape index (κ1) is 15.4. The summed E-state index contributed by atoms with van der Waals surface area (Å²) in [7, 11) is 1.34. The Morgan fingerprint density at radius 2 is 2.11 bits per heavy atom. The lowest BCUT2D eigenvalue weighted by Gasteiger charge is -2.36. The smallest absolute Gasteiger partial charge is 0.305 e. The number of esters is 1. The Bertz CT molecular complexity index is 269. The van der Waals surface area contributed by atoms with Crippen LogP contribution in [0.4, 0.5) is 0 Å². The van der Waals surface area contributed by atoms with Gasteiger partial charge in [0.25, 0.3) is 0 Å². The number of rotatable bonds is 5. The zero-order chi connectivity index (χ0) is 13.7. The maximum Gasteiger partial charge on any atom is 0.305 e.